The number of hydrogen-bond donors (Lipinski definition) is 2. The van der Waals surface area contributed by atoms with E-state index in [-0.39, 0.29) is 24.9 Å². The van der Waals surface area contributed by atoms with Crippen LogP contribution < -0.4 is 16.6 Å². The number of nitrogens with zero attached hydrogens (tertiary/aromatic N) is 1. The van der Waals surface area contributed by atoms with Crippen molar-refractivity contribution < 1.29 is 4.79 Å². The predicted molar refractivity (Wildman–Crippen MR) is 101 cm³/mol. The number of fused-ring (bicyclic) bond motifs is 1. The molecule has 0 spiro atoms. The summed E-state index contributed by atoms with van der Waals surface area (Å²) in [5.74, 6) is -0.153. The predicted octanol–water partition coefficient (Wildman–Crippen LogP) is 2.27. The van der Waals surface area contributed by atoms with Gasteiger partial charge in [-0.1, -0.05) is 42.0 Å². The molecule has 1 heterocycles. The smallest absolute Gasteiger partial charge is 0.328 e. The average Bonchev–Trinajstić information content (AvgIpc) is 2.62. The summed E-state index contributed by atoms with van der Waals surface area (Å²) >= 11 is 0. The summed E-state index contributed by atoms with van der Waals surface area (Å²) in [4.78, 5) is 38.6. The first-order valence-electron chi connectivity index (χ1n) is 8.53. The lowest BCUT2D eigenvalue weighted by atomic mass is 10.1. The number of H-pyrrole nitrogens is 1. The van der Waals surface area contributed by atoms with E-state index in [4.69, 9.17) is 0 Å². The standard InChI is InChI=1S/C20H21N3O3/c1-13-7-9-15(10-8-13)14(2)21-18(24)11-12-23-17-6-4-3-5-16(17)19(25)22-20(23)26/h3-10,14H,11-12H2,1-2H3,(H,21,24)(H,22,25,26). The zero-order valence-electron chi connectivity index (χ0n) is 14.8. The van der Waals surface area contributed by atoms with Crippen LogP contribution in [-0.4, -0.2) is 15.5 Å². The van der Waals surface area contributed by atoms with Crippen molar-refractivity contribution in [1.29, 1.82) is 0 Å². The van der Waals surface area contributed by atoms with Gasteiger partial charge in [-0.15, -0.1) is 0 Å². The first-order valence-corrected chi connectivity index (χ1v) is 8.53. The summed E-state index contributed by atoms with van der Waals surface area (Å²) in [6.07, 6.45) is 0.145. The van der Waals surface area contributed by atoms with Crippen molar-refractivity contribution in [1.82, 2.24) is 14.9 Å². The van der Waals surface area contributed by atoms with E-state index in [1.165, 1.54) is 4.57 Å². The van der Waals surface area contributed by atoms with Crippen LogP contribution in [0.2, 0.25) is 0 Å². The van der Waals surface area contributed by atoms with Crippen LogP contribution in [0.5, 0.6) is 0 Å². The van der Waals surface area contributed by atoms with Crippen LogP contribution in [0.1, 0.15) is 30.5 Å². The number of para-hydroxylation sites is 1. The minimum Gasteiger partial charge on any atom is -0.350 e. The van der Waals surface area contributed by atoms with Crippen molar-refractivity contribution in [2.75, 3.05) is 0 Å². The molecule has 0 saturated heterocycles. The van der Waals surface area contributed by atoms with Gasteiger partial charge < -0.3 is 5.32 Å². The summed E-state index contributed by atoms with van der Waals surface area (Å²) in [5.41, 5.74) is 1.79. The Bertz CT molecular complexity index is 1050. The Hall–Kier alpha value is -3.15. The molecule has 1 unspecified atom stereocenters. The monoisotopic (exact) mass is 351 g/mol. The molecule has 26 heavy (non-hydrogen) atoms. The Labute approximate surface area is 150 Å². The third-order valence-corrected chi connectivity index (χ3v) is 4.42. The number of hydrogen-bond acceptors (Lipinski definition) is 3. The Morgan fingerprint density at radius 2 is 1.81 bits per heavy atom. The molecule has 2 N–H and O–H groups in total. The van der Waals surface area contributed by atoms with Gasteiger partial charge in [-0.2, -0.15) is 0 Å². The van der Waals surface area contributed by atoms with Crippen molar-refractivity contribution in [3.8, 4) is 0 Å². The van der Waals surface area contributed by atoms with E-state index in [2.05, 4.69) is 10.3 Å². The zero-order valence-corrected chi connectivity index (χ0v) is 14.8. The van der Waals surface area contributed by atoms with Gasteiger partial charge in [0.25, 0.3) is 5.56 Å². The number of nitrogens with one attached hydrogen (secondary N) is 2. The van der Waals surface area contributed by atoms with Gasteiger partial charge in [0, 0.05) is 13.0 Å². The second-order valence-electron chi connectivity index (χ2n) is 6.38. The molecule has 0 radical (unpaired) electrons. The van der Waals surface area contributed by atoms with Gasteiger partial charge >= 0.3 is 5.69 Å². The van der Waals surface area contributed by atoms with Crippen LogP contribution in [-0.2, 0) is 11.3 Å². The molecule has 0 aliphatic carbocycles. The van der Waals surface area contributed by atoms with E-state index in [1.807, 2.05) is 38.1 Å². The highest BCUT2D eigenvalue weighted by molar-refractivity contribution is 5.79. The molecule has 0 fully saturated rings. The van der Waals surface area contributed by atoms with Crippen molar-refractivity contribution in [3.63, 3.8) is 0 Å². The molecule has 1 amide bonds. The summed E-state index contributed by atoms with van der Waals surface area (Å²) in [5, 5.41) is 3.37. The van der Waals surface area contributed by atoms with Crippen LogP contribution >= 0.6 is 0 Å². The summed E-state index contributed by atoms with van der Waals surface area (Å²) < 4.78 is 1.42. The van der Waals surface area contributed by atoms with Crippen LogP contribution in [0.4, 0.5) is 0 Å². The molecule has 2 aromatic carbocycles. The SMILES string of the molecule is Cc1ccc(C(C)NC(=O)CCn2c(=O)[nH]c(=O)c3ccccc32)cc1. The lowest BCUT2D eigenvalue weighted by molar-refractivity contribution is -0.121. The molecule has 0 saturated carbocycles. The first-order chi connectivity index (χ1) is 12.5. The third kappa shape index (κ3) is 3.74. The normalized spacial score (nSPS) is 12.1. The van der Waals surface area contributed by atoms with Crippen LogP contribution in [0.3, 0.4) is 0 Å². The third-order valence-electron chi connectivity index (χ3n) is 4.42. The van der Waals surface area contributed by atoms with Gasteiger partial charge in [0.1, 0.15) is 0 Å². The summed E-state index contributed by atoms with van der Waals surface area (Å²) in [6, 6.07) is 14.7. The van der Waals surface area contributed by atoms with Crippen LogP contribution in [0, 0.1) is 6.92 Å². The van der Waals surface area contributed by atoms with Crippen LogP contribution in [0.15, 0.2) is 58.1 Å². The summed E-state index contributed by atoms with van der Waals surface area (Å²) in [7, 11) is 0. The molecular weight excluding hydrogens is 330 g/mol. The molecule has 0 aliphatic heterocycles. The molecule has 134 valence electrons. The van der Waals surface area contributed by atoms with E-state index < -0.39 is 11.2 Å². The number of benzene rings is 2. The minimum atomic E-state index is -0.506. The fraction of sp³-hybridized carbons (Fsp3) is 0.250. The van der Waals surface area contributed by atoms with E-state index in [0.29, 0.717) is 10.9 Å². The quantitative estimate of drug-likeness (QED) is 0.739. The lowest BCUT2D eigenvalue weighted by Crippen LogP contribution is -2.33. The maximum absolute atomic E-state index is 12.3. The van der Waals surface area contributed by atoms with Gasteiger partial charge in [-0.05, 0) is 31.5 Å². The second-order valence-corrected chi connectivity index (χ2v) is 6.38. The van der Waals surface area contributed by atoms with Gasteiger partial charge in [-0.3, -0.25) is 19.1 Å². The largest absolute Gasteiger partial charge is 0.350 e. The molecule has 1 atom stereocenters. The number of rotatable bonds is 5. The lowest BCUT2D eigenvalue weighted by Gasteiger charge is -2.15. The van der Waals surface area contributed by atoms with Crippen molar-refractivity contribution in [2.45, 2.75) is 32.9 Å². The fourth-order valence-corrected chi connectivity index (χ4v) is 2.93. The number of aromatic nitrogens is 2. The molecule has 1 aromatic heterocycles. The highest BCUT2D eigenvalue weighted by Crippen LogP contribution is 2.13. The highest BCUT2D eigenvalue weighted by atomic mass is 16.2. The maximum atomic E-state index is 12.3. The topological polar surface area (TPSA) is 84.0 Å². The maximum Gasteiger partial charge on any atom is 0.328 e. The number of aryl methyl sites for hydroxylation is 2. The van der Waals surface area contributed by atoms with Crippen molar-refractivity contribution >= 4 is 16.8 Å². The minimum absolute atomic E-state index is 0.118. The second kappa shape index (κ2) is 7.39. The van der Waals surface area contributed by atoms with E-state index in [0.717, 1.165) is 11.1 Å². The van der Waals surface area contributed by atoms with Crippen molar-refractivity contribution in [3.05, 3.63) is 80.5 Å². The van der Waals surface area contributed by atoms with Gasteiger partial charge in [0.05, 0.1) is 16.9 Å². The van der Waals surface area contributed by atoms with E-state index in [9.17, 15) is 14.4 Å². The molecule has 3 rings (SSSR count). The molecule has 3 aromatic rings. The van der Waals surface area contributed by atoms with Gasteiger partial charge in [0.15, 0.2) is 0 Å². The number of carbonyl (C=O) groups excluding carboxylic acids is 1. The highest BCUT2D eigenvalue weighted by Gasteiger charge is 2.12. The molecular formula is C20H21N3O3. The van der Waals surface area contributed by atoms with Gasteiger partial charge in [-0.25, -0.2) is 4.79 Å². The zero-order chi connectivity index (χ0) is 18.7. The van der Waals surface area contributed by atoms with Crippen molar-refractivity contribution in [2.24, 2.45) is 0 Å². The Balaban J connectivity index is 1.72. The molecule has 6 nitrogen and oxygen atoms in total. The van der Waals surface area contributed by atoms with E-state index in [1.54, 1.807) is 24.3 Å². The number of aromatic amines is 1. The Morgan fingerprint density at radius 3 is 2.54 bits per heavy atom. The molecule has 0 aliphatic rings. The average molecular weight is 351 g/mol. The first kappa shape index (κ1) is 17.7. The van der Waals surface area contributed by atoms with Crippen LogP contribution in [0.25, 0.3) is 10.9 Å². The fourth-order valence-electron chi connectivity index (χ4n) is 2.93. The number of amides is 1. The Morgan fingerprint density at radius 1 is 1.12 bits per heavy atom. The summed E-state index contributed by atoms with van der Waals surface area (Å²) in [6.45, 7) is 4.13. The molecule has 6 heteroatoms. The van der Waals surface area contributed by atoms with Gasteiger partial charge in [0.2, 0.25) is 5.91 Å². The molecule has 0 bridgehead atoms. The Kier molecular flexibility index (Phi) is 5.02. The van der Waals surface area contributed by atoms with E-state index >= 15 is 0 Å². The number of carbonyl (C=O) groups is 1.